The second kappa shape index (κ2) is 7.81. The number of nitrogens with one attached hydrogen (secondary N) is 3. The summed E-state index contributed by atoms with van der Waals surface area (Å²) in [4.78, 5) is 10.2. The molecule has 0 aliphatic carbocycles. The van der Waals surface area contributed by atoms with E-state index >= 15 is 0 Å². The summed E-state index contributed by atoms with van der Waals surface area (Å²) in [6, 6.07) is 8.77. The molecule has 0 atom stereocenters. The van der Waals surface area contributed by atoms with E-state index in [1.54, 1.807) is 0 Å². The number of fused-ring (bicyclic) bond motifs is 1. The molecule has 0 spiro atoms. The number of nitrogens with zero attached hydrogens (tertiary/aromatic N) is 2. The summed E-state index contributed by atoms with van der Waals surface area (Å²) in [5, 5.41) is 8.31. The van der Waals surface area contributed by atoms with Crippen molar-refractivity contribution in [2.75, 3.05) is 49.6 Å². The van der Waals surface area contributed by atoms with E-state index in [1.807, 2.05) is 12.4 Å². The van der Waals surface area contributed by atoms with Crippen LogP contribution >= 0.6 is 0 Å². The third-order valence-electron chi connectivity index (χ3n) is 5.88. The van der Waals surface area contributed by atoms with Crippen molar-refractivity contribution in [3.63, 3.8) is 0 Å². The van der Waals surface area contributed by atoms with Crippen molar-refractivity contribution in [2.24, 2.45) is 0 Å². The Morgan fingerprint density at radius 3 is 2.75 bits per heavy atom. The minimum absolute atomic E-state index is 0.656. The van der Waals surface area contributed by atoms with E-state index in [0.717, 1.165) is 56.5 Å². The molecule has 28 heavy (non-hydrogen) atoms. The van der Waals surface area contributed by atoms with Gasteiger partial charge in [0.2, 0.25) is 0 Å². The van der Waals surface area contributed by atoms with Crippen molar-refractivity contribution >= 4 is 28.0 Å². The van der Waals surface area contributed by atoms with Gasteiger partial charge in [0.1, 0.15) is 0 Å². The Kier molecular flexibility index (Phi) is 4.89. The largest absolute Gasteiger partial charge is 0.378 e. The minimum atomic E-state index is 0.656. The molecule has 6 heteroatoms. The van der Waals surface area contributed by atoms with Crippen LogP contribution in [-0.4, -0.2) is 49.4 Å². The minimum Gasteiger partial charge on any atom is -0.378 e. The summed E-state index contributed by atoms with van der Waals surface area (Å²) in [6.45, 7) is 5.62. The van der Waals surface area contributed by atoms with Crippen LogP contribution in [0.5, 0.6) is 0 Å². The molecule has 0 radical (unpaired) electrons. The second-order valence-corrected chi connectivity index (χ2v) is 7.68. The van der Waals surface area contributed by atoms with E-state index in [2.05, 4.69) is 56.0 Å². The van der Waals surface area contributed by atoms with Crippen LogP contribution in [0.2, 0.25) is 0 Å². The maximum Gasteiger partial charge on any atom is 0.0642 e. The zero-order valence-corrected chi connectivity index (χ0v) is 16.1. The Labute approximate surface area is 165 Å². The monoisotopic (exact) mass is 377 g/mol. The van der Waals surface area contributed by atoms with Gasteiger partial charge >= 0.3 is 0 Å². The van der Waals surface area contributed by atoms with Crippen LogP contribution in [0.3, 0.4) is 0 Å². The summed E-state index contributed by atoms with van der Waals surface area (Å²) in [6.07, 6.45) is 8.43. The fourth-order valence-electron chi connectivity index (χ4n) is 4.35. The Hall–Kier alpha value is -2.57. The molecule has 5 rings (SSSR count). The van der Waals surface area contributed by atoms with Crippen molar-refractivity contribution in [3.05, 3.63) is 48.4 Å². The lowest BCUT2D eigenvalue weighted by atomic mass is 9.90. The molecule has 4 heterocycles. The van der Waals surface area contributed by atoms with Crippen LogP contribution in [0.4, 0.5) is 17.1 Å². The number of H-pyrrole nitrogens is 1. The molecule has 0 amide bonds. The van der Waals surface area contributed by atoms with Gasteiger partial charge in [0.25, 0.3) is 0 Å². The van der Waals surface area contributed by atoms with Crippen molar-refractivity contribution in [3.8, 4) is 0 Å². The van der Waals surface area contributed by atoms with Crippen LogP contribution < -0.4 is 15.5 Å². The van der Waals surface area contributed by atoms with Gasteiger partial charge in [-0.25, -0.2) is 0 Å². The van der Waals surface area contributed by atoms with Gasteiger partial charge < -0.3 is 25.3 Å². The highest BCUT2D eigenvalue weighted by Crippen LogP contribution is 2.33. The highest BCUT2D eigenvalue weighted by atomic mass is 16.5. The Bertz CT molecular complexity index is 941. The first-order chi connectivity index (χ1) is 13.9. The number of rotatable bonds is 4. The van der Waals surface area contributed by atoms with Gasteiger partial charge in [0.05, 0.1) is 37.0 Å². The lowest BCUT2D eigenvalue weighted by molar-refractivity contribution is 0.122. The maximum absolute atomic E-state index is 5.45. The van der Waals surface area contributed by atoms with Gasteiger partial charge in [0.15, 0.2) is 0 Å². The van der Waals surface area contributed by atoms with E-state index in [0.29, 0.717) is 5.92 Å². The first-order valence-electron chi connectivity index (χ1n) is 10.2. The van der Waals surface area contributed by atoms with Crippen LogP contribution in [0.15, 0.2) is 42.9 Å². The predicted molar refractivity (Wildman–Crippen MR) is 114 cm³/mol. The molecule has 3 aromatic rings. The van der Waals surface area contributed by atoms with E-state index in [1.165, 1.54) is 29.3 Å². The number of aromatic nitrogens is 2. The fourth-order valence-corrected chi connectivity index (χ4v) is 4.35. The van der Waals surface area contributed by atoms with Crippen molar-refractivity contribution in [2.45, 2.75) is 18.8 Å². The lowest BCUT2D eigenvalue weighted by Crippen LogP contribution is -2.36. The molecule has 2 fully saturated rings. The highest BCUT2D eigenvalue weighted by Gasteiger charge is 2.18. The molecule has 6 nitrogen and oxygen atoms in total. The summed E-state index contributed by atoms with van der Waals surface area (Å²) >= 11 is 0. The van der Waals surface area contributed by atoms with E-state index < -0.39 is 0 Å². The summed E-state index contributed by atoms with van der Waals surface area (Å²) in [5.41, 5.74) is 5.87. The molecule has 2 aromatic heterocycles. The zero-order chi connectivity index (χ0) is 18.8. The number of aromatic amines is 1. The molecular formula is C22H27N5O. The number of anilines is 3. The third-order valence-corrected chi connectivity index (χ3v) is 5.88. The molecule has 1 aromatic carbocycles. The first kappa shape index (κ1) is 17.5. The number of piperidine rings is 1. The number of ether oxygens (including phenoxy) is 1. The summed E-state index contributed by atoms with van der Waals surface area (Å²) < 4.78 is 5.45. The molecule has 0 bridgehead atoms. The van der Waals surface area contributed by atoms with Crippen molar-refractivity contribution in [1.29, 1.82) is 0 Å². The topological polar surface area (TPSA) is 65.2 Å². The van der Waals surface area contributed by atoms with Gasteiger partial charge in [-0.2, -0.15) is 0 Å². The van der Waals surface area contributed by atoms with Gasteiger partial charge in [-0.3, -0.25) is 4.98 Å². The van der Waals surface area contributed by atoms with E-state index in [4.69, 9.17) is 4.74 Å². The number of morpholine rings is 1. The molecule has 3 N–H and O–H groups in total. The highest BCUT2D eigenvalue weighted by molar-refractivity contribution is 5.87. The Balaban J connectivity index is 1.35. The lowest BCUT2D eigenvalue weighted by Gasteiger charge is -2.28. The predicted octanol–water partition coefficient (Wildman–Crippen LogP) is 3.61. The summed E-state index contributed by atoms with van der Waals surface area (Å²) in [5.74, 6) is 0.656. The smallest absolute Gasteiger partial charge is 0.0642 e. The Morgan fingerprint density at radius 1 is 1.04 bits per heavy atom. The van der Waals surface area contributed by atoms with Gasteiger partial charge in [-0.15, -0.1) is 0 Å². The number of benzene rings is 1. The van der Waals surface area contributed by atoms with Gasteiger partial charge in [-0.05, 0) is 55.6 Å². The number of hydrogen-bond acceptors (Lipinski definition) is 5. The molecule has 146 valence electrons. The molecule has 0 unspecified atom stereocenters. The van der Waals surface area contributed by atoms with E-state index in [9.17, 15) is 0 Å². The van der Waals surface area contributed by atoms with Crippen LogP contribution in [0, 0.1) is 0 Å². The van der Waals surface area contributed by atoms with Crippen LogP contribution in [0.25, 0.3) is 10.9 Å². The average molecular weight is 377 g/mol. The second-order valence-electron chi connectivity index (χ2n) is 7.68. The van der Waals surface area contributed by atoms with Crippen LogP contribution in [0.1, 0.15) is 24.3 Å². The zero-order valence-electron chi connectivity index (χ0n) is 16.1. The van der Waals surface area contributed by atoms with E-state index in [-0.39, 0.29) is 0 Å². The SMILES string of the molecule is c1cc2c(C3CCNCC3)c[nH]c2cc1Nc1cncc(N2CCOCC2)c1. The van der Waals surface area contributed by atoms with Crippen molar-refractivity contribution in [1.82, 2.24) is 15.3 Å². The van der Waals surface area contributed by atoms with Gasteiger partial charge in [-0.1, -0.05) is 6.07 Å². The molecule has 2 aliphatic heterocycles. The molecule has 0 saturated carbocycles. The van der Waals surface area contributed by atoms with Gasteiger partial charge in [0, 0.05) is 35.9 Å². The average Bonchev–Trinajstić information content (AvgIpc) is 3.18. The molecule has 2 saturated heterocycles. The Morgan fingerprint density at radius 2 is 1.89 bits per heavy atom. The molecule has 2 aliphatic rings. The summed E-state index contributed by atoms with van der Waals surface area (Å²) in [7, 11) is 0. The fraction of sp³-hybridized carbons (Fsp3) is 0.409. The third kappa shape index (κ3) is 3.57. The maximum atomic E-state index is 5.45. The number of pyridine rings is 1. The standard InChI is InChI=1S/C22H27N5O/c1-2-20-21(16-3-5-23-6-4-16)15-25-22(20)12-17(1)26-18-11-19(14-24-13-18)27-7-9-28-10-8-27/h1-2,11-16,23,25-26H,3-10H2. The normalized spacial score (nSPS) is 18.5. The van der Waals surface area contributed by atoms with Crippen LogP contribution in [-0.2, 0) is 4.74 Å². The molecular weight excluding hydrogens is 350 g/mol. The quantitative estimate of drug-likeness (QED) is 0.648. The first-order valence-corrected chi connectivity index (χ1v) is 10.2. The van der Waals surface area contributed by atoms with Crippen molar-refractivity contribution < 1.29 is 4.74 Å². The number of hydrogen-bond donors (Lipinski definition) is 3.